The minimum atomic E-state index is -4.51. The van der Waals surface area contributed by atoms with Crippen LogP contribution < -0.4 is 0 Å². The summed E-state index contributed by atoms with van der Waals surface area (Å²) in [6.45, 7) is 1.42. The second-order valence-electron chi connectivity index (χ2n) is 5.60. The van der Waals surface area contributed by atoms with Gasteiger partial charge in [0.2, 0.25) is 0 Å². The Morgan fingerprint density at radius 3 is 2.41 bits per heavy atom. The van der Waals surface area contributed by atoms with Gasteiger partial charge in [-0.2, -0.15) is 13.2 Å². The van der Waals surface area contributed by atoms with E-state index < -0.39 is 32.4 Å². The number of ether oxygens (including phenoxy) is 1. The zero-order chi connectivity index (χ0) is 16.6. The molecule has 2 atom stereocenters. The predicted molar refractivity (Wildman–Crippen MR) is 73.1 cm³/mol. The molecule has 0 amide bonds. The van der Waals surface area contributed by atoms with Crippen LogP contribution in [0.25, 0.3) is 0 Å². The van der Waals surface area contributed by atoms with Gasteiger partial charge in [0.05, 0.1) is 27.9 Å². The van der Waals surface area contributed by atoms with E-state index in [0.717, 1.165) is 24.3 Å². The molecule has 124 valence electrons. The molecular formula is C14H17F3O4S. The van der Waals surface area contributed by atoms with Gasteiger partial charge in [-0.05, 0) is 44.0 Å². The molecule has 0 bridgehead atoms. The van der Waals surface area contributed by atoms with Gasteiger partial charge < -0.3 is 9.84 Å². The van der Waals surface area contributed by atoms with Crippen molar-refractivity contribution in [2.45, 2.75) is 41.7 Å². The van der Waals surface area contributed by atoms with Crippen LogP contribution in [0.1, 0.15) is 25.3 Å². The van der Waals surface area contributed by atoms with Gasteiger partial charge in [-0.3, -0.25) is 0 Å². The zero-order valence-corrected chi connectivity index (χ0v) is 12.7. The predicted octanol–water partition coefficient (Wildman–Crippen LogP) is 2.41. The summed E-state index contributed by atoms with van der Waals surface area (Å²) >= 11 is 0. The Hall–Kier alpha value is -1.12. The van der Waals surface area contributed by atoms with Crippen molar-refractivity contribution in [3.05, 3.63) is 29.8 Å². The summed E-state index contributed by atoms with van der Waals surface area (Å²) < 4.78 is 67.2. The summed E-state index contributed by atoms with van der Waals surface area (Å²) in [7, 11) is -3.83. The van der Waals surface area contributed by atoms with Crippen LogP contribution in [0.2, 0.25) is 0 Å². The van der Waals surface area contributed by atoms with Gasteiger partial charge in [-0.15, -0.1) is 0 Å². The van der Waals surface area contributed by atoms with Crippen molar-refractivity contribution >= 4 is 9.84 Å². The molecule has 4 nitrogen and oxygen atoms in total. The van der Waals surface area contributed by atoms with Crippen molar-refractivity contribution in [1.29, 1.82) is 0 Å². The van der Waals surface area contributed by atoms with E-state index in [1.54, 1.807) is 0 Å². The van der Waals surface area contributed by atoms with Gasteiger partial charge in [0.1, 0.15) is 0 Å². The number of benzene rings is 1. The van der Waals surface area contributed by atoms with Gasteiger partial charge in [0.25, 0.3) is 0 Å². The van der Waals surface area contributed by atoms with Crippen LogP contribution in [0.4, 0.5) is 13.2 Å². The average molecular weight is 338 g/mol. The van der Waals surface area contributed by atoms with E-state index in [1.165, 1.54) is 6.92 Å². The van der Waals surface area contributed by atoms with E-state index in [2.05, 4.69) is 0 Å². The van der Waals surface area contributed by atoms with Crippen molar-refractivity contribution in [3.8, 4) is 0 Å². The third-order valence-electron chi connectivity index (χ3n) is 3.99. The molecule has 22 heavy (non-hydrogen) atoms. The number of aliphatic hydroxyl groups is 1. The van der Waals surface area contributed by atoms with Crippen LogP contribution >= 0.6 is 0 Å². The molecule has 8 heteroatoms. The van der Waals surface area contributed by atoms with Gasteiger partial charge >= 0.3 is 6.18 Å². The summed E-state index contributed by atoms with van der Waals surface area (Å²) in [5, 5.41) is 9.14. The maximum Gasteiger partial charge on any atom is 0.416 e. The fourth-order valence-corrected chi connectivity index (χ4v) is 4.37. The van der Waals surface area contributed by atoms with Gasteiger partial charge in [0.15, 0.2) is 9.84 Å². The van der Waals surface area contributed by atoms with Crippen LogP contribution in [0.5, 0.6) is 0 Å². The molecule has 1 aromatic rings. The molecule has 1 saturated heterocycles. The number of rotatable bonds is 3. The van der Waals surface area contributed by atoms with E-state index in [0.29, 0.717) is 0 Å². The Labute approximate surface area is 126 Å². The van der Waals surface area contributed by atoms with E-state index in [4.69, 9.17) is 9.84 Å². The summed E-state index contributed by atoms with van der Waals surface area (Å²) in [5.41, 5.74) is -0.892. The van der Waals surface area contributed by atoms with Gasteiger partial charge in [0, 0.05) is 6.61 Å². The largest absolute Gasteiger partial charge is 0.416 e. The number of hydrogen-bond donors (Lipinski definition) is 1. The Kier molecular flexibility index (Phi) is 4.56. The summed E-state index contributed by atoms with van der Waals surface area (Å²) in [4.78, 5) is -0.151. The third-order valence-corrected chi connectivity index (χ3v) is 6.55. The summed E-state index contributed by atoms with van der Waals surface area (Å²) in [6.07, 6.45) is -4.75. The lowest BCUT2D eigenvalue weighted by Gasteiger charge is -2.37. The number of alkyl halides is 3. The Morgan fingerprint density at radius 1 is 1.32 bits per heavy atom. The van der Waals surface area contributed by atoms with Crippen molar-refractivity contribution in [3.63, 3.8) is 0 Å². The highest BCUT2D eigenvalue weighted by atomic mass is 32.2. The van der Waals surface area contributed by atoms with Crippen LogP contribution in [-0.4, -0.2) is 37.6 Å². The zero-order valence-electron chi connectivity index (χ0n) is 11.9. The van der Waals surface area contributed by atoms with E-state index in [9.17, 15) is 21.6 Å². The summed E-state index contributed by atoms with van der Waals surface area (Å²) in [6, 6.07) is 3.48. The van der Waals surface area contributed by atoms with Crippen molar-refractivity contribution in [2.24, 2.45) is 0 Å². The number of sulfone groups is 1. The molecule has 2 rings (SSSR count). The first-order valence-electron chi connectivity index (χ1n) is 6.74. The molecule has 1 aliphatic heterocycles. The molecular weight excluding hydrogens is 321 g/mol. The van der Waals surface area contributed by atoms with Crippen molar-refractivity contribution in [2.75, 3.05) is 13.2 Å². The van der Waals surface area contributed by atoms with Gasteiger partial charge in [-0.1, -0.05) is 0 Å². The summed E-state index contributed by atoms with van der Waals surface area (Å²) in [5.74, 6) is 0. The Balaban J connectivity index is 2.33. The Bertz CT molecular complexity index is 624. The first-order valence-corrected chi connectivity index (χ1v) is 8.23. The highest BCUT2D eigenvalue weighted by molar-refractivity contribution is 7.92. The van der Waals surface area contributed by atoms with E-state index >= 15 is 0 Å². The molecule has 1 fully saturated rings. The molecule has 0 saturated carbocycles. The monoisotopic (exact) mass is 338 g/mol. The first-order chi connectivity index (χ1) is 10.1. The van der Waals surface area contributed by atoms with Crippen LogP contribution in [0.3, 0.4) is 0 Å². The molecule has 0 spiro atoms. The number of hydrogen-bond acceptors (Lipinski definition) is 4. The maximum absolute atomic E-state index is 12.7. The molecule has 0 aliphatic carbocycles. The second kappa shape index (κ2) is 5.82. The maximum atomic E-state index is 12.7. The fraction of sp³-hybridized carbons (Fsp3) is 0.571. The van der Waals surface area contributed by atoms with Gasteiger partial charge in [-0.25, -0.2) is 8.42 Å². The molecule has 0 radical (unpaired) electrons. The van der Waals surface area contributed by atoms with Crippen LogP contribution in [0.15, 0.2) is 29.2 Å². The molecule has 0 aromatic heterocycles. The SMILES string of the molecule is CC1(S(=O)(=O)c2ccc(C(F)(F)F)cc2)CCOC(CO)C1. The van der Waals surface area contributed by atoms with Crippen molar-refractivity contribution in [1.82, 2.24) is 0 Å². The third kappa shape index (κ3) is 3.13. The van der Waals surface area contributed by atoms with E-state index in [1.807, 2.05) is 0 Å². The number of aliphatic hydroxyl groups excluding tert-OH is 1. The highest BCUT2D eigenvalue weighted by Crippen LogP contribution is 2.37. The topological polar surface area (TPSA) is 63.6 Å². The minimum Gasteiger partial charge on any atom is -0.394 e. The number of halogens is 3. The first kappa shape index (κ1) is 17.2. The van der Waals surface area contributed by atoms with Crippen LogP contribution in [-0.2, 0) is 20.8 Å². The molecule has 1 aromatic carbocycles. The average Bonchev–Trinajstić information content (AvgIpc) is 2.46. The lowest BCUT2D eigenvalue weighted by molar-refractivity contribution is -0.137. The molecule has 1 N–H and O–H groups in total. The normalized spacial score (nSPS) is 26.9. The highest BCUT2D eigenvalue weighted by Gasteiger charge is 2.44. The fourth-order valence-electron chi connectivity index (χ4n) is 2.55. The minimum absolute atomic E-state index is 0.104. The van der Waals surface area contributed by atoms with E-state index in [-0.39, 0.29) is 31.0 Å². The van der Waals surface area contributed by atoms with Crippen molar-refractivity contribution < 1.29 is 31.4 Å². The quantitative estimate of drug-likeness (QED) is 0.919. The molecule has 1 heterocycles. The van der Waals surface area contributed by atoms with Crippen LogP contribution in [0, 0.1) is 0 Å². The second-order valence-corrected chi connectivity index (χ2v) is 8.07. The smallest absolute Gasteiger partial charge is 0.394 e. The lowest BCUT2D eigenvalue weighted by Crippen LogP contribution is -2.45. The Morgan fingerprint density at radius 2 is 1.91 bits per heavy atom. The standard InChI is InChI=1S/C14H17F3O4S/c1-13(6-7-21-11(8-13)9-18)22(19,20)12-4-2-10(3-5-12)14(15,16)17/h2-5,11,18H,6-9H2,1H3. The molecule has 1 aliphatic rings. The lowest BCUT2D eigenvalue weighted by atomic mass is 9.97. The molecule has 2 unspecified atom stereocenters.